The van der Waals surface area contributed by atoms with E-state index in [2.05, 4.69) is 35.0 Å². The number of anilines is 2. The number of pyridine rings is 1. The highest BCUT2D eigenvalue weighted by Gasteiger charge is 2.29. The van der Waals surface area contributed by atoms with Crippen LogP contribution in [-0.4, -0.2) is 11.0 Å². The van der Waals surface area contributed by atoms with E-state index in [-0.39, 0.29) is 0 Å². The Morgan fingerprint density at radius 2 is 1.95 bits per heavy atom. The number of nitrogens with zero attached hydrogens (tertiary/aromatic N) is 2. The Morgan fingerprint density at radius 3 is 2.58 bits per heavy atom. The number of hydrogen-bond donors (Lipinski definition) is 1. The predicted octanol–water partition coefficient (Wildman–Crippen LogP) is 3.14. The molecule has 0 radical (unpaired) electrons. The Balaban J connectivity index is 1.83. The smallest absolute Gasteiger partial charge is 0.129 e. The van der Waals surface area contributed by atoms with Crippen LogP contribution >= 0.6 is 0 Å². The number of benzene rings is 1. The summed E-state index contributed by atoms with van der Waals surface area (Å²) in [6.45, 7) is 3.01. The molecule has 3 rings (SSSR count). The molecule has 1 saturated carbocycles. The minimum Gasteiger partial charge on any atom is -0.399 e. The zero-order valence-electron chi connectivity index (χ0n) is 11.2. The van der Waals surface area contributed by atoms with Gasteiger partial charge in [-0.3, -0.25) is 0 Å². The van der Waals surface area contributed by atoms with Crippen LogP contribution in [0.5, 0.6) is 0 Å². The molecule has 0 atom stereocenters. The van der Waals surface area contributed by atoms with Crippen LogP contribution in [0.2, 0.25) is 0 Å². The summed E-state index contributed by atoms with van der Waals surface area (Å²) in [5, 5.41) is 0. The molecular formula is C16H19N3. The summed E-state index contributed by atoms with van der Waals surface area (Å²) in [4.78, 5) is 6.92. The average Bonchev–Trinajstić information content (AvgIpc) is 3.22. The molecule has 0 aliphatic heterocycles. The van der Waals surface area contributed by atoms with Crippen LogP contribution in [0, 0.1) is 6.92 Å². The lowest BCUT2D eigenvalue weighted by Gasteiger charge is -2.24. The molecule has 1 heterocycles. The zero-order valence-corrected chi connectivity index (χ0v) is 11.2. The normalized spacial score (nSPS) is 14.4. The van der Waals surface area contributed by atoms with E-state index < -0.39 is 0 Å². The largest absolute Gasteiger partial charge is 0.399 e. The molecule has 2 aromatic rings. The molecule has 3 nitrogen and oxygen atoms in total. The third-order valence-electron chi connectivity index (χ3n) is 3.52. The molecule has 0 spiro atoms. The number of rotatable bonds is 4. The van der Waals surface area contributed by atoms with Crippen molar-refractivity contribution < 1.29 is 0 Å². The van der Waals surface area contributed by atoms with E-state index in [0.717, 1.165) is 18.1 Å². The minimum atomic E-state index is 0.645. The Labute approximate surface area is 114 Å². The first-order valence-corrected chi connectivity index (χ1v) is 6.76. The molecule has 1 aromatic carbocycles. The molecule has 0 saturated heterocycles. The van der Waals surface area contributed by atoms with Crippen molar-refractivity contribution in [3.8, 4) is 0 Å². The molecule has 0 bridgehead atoms. The van der Waals surface area contributed by atoms with E-state index in [0.29, 0.717) is 6.04 Å². The van der Waals surface area contributed by atoms with Crippen molar-refractivity contribution in [2.45, 2.75) is 32.4 Å². The van der Waals surface area contributed by atoms with Crippen molar-refractivity contribution in [3.05, 3.63) is 53.7 Å². The van der Waals surface area contributed by atoms with Gasteiger partial charge in [-0.2, -0.15) is 0 Å². The van der Waals surface area contributed by atoms with Gasteiger partial charge in [0, 0.05) is 24.5 Å². The number of nitrogens with two attached hydrogens (primary N) is 1. The maximum absolute atomic E-state index is 5.73. The summed E-state index contributed by atoms with van der Waals surface area (Å²) in [5.41, 5.74) is 9.09. The van der Waals surface area contributed by atoms with Crippen LogP contribution in [0.25, 0.3) is 0 Å². The third-order valence-corrected chi connectivity index (χ3v) is 3.52. The predicted molar refractivity (Wildman–Crippen MR) is 79.0 cm³/mol. The molecule has 1 aromatic heterocycles. The molecule has 0 unspecified atom stereocenters. The van der Waals surface area contributed by atoms with Crippen LogP contribution in [0.15, 0.2) is 42.6 Å². The third kappa shape index (κ3) is 2.87. The van der Waals surface area contributed by atoms with Crippen molar-refractivity contribution in [1.29, 1.82) is 0 Å². The summed E-state index contributed by atoms with van der Waals surface area (Å²) in [6.07, 6.45) is 4.43. The van der Waals surface area contributed by atoms with Crippen LogP contribution in [-0.2, 0) is 6.54 Å². The van der Waals surface area contributed by atoms with Gasteiger partial charge in [-0.25, -0.2) is 4.98 Å². The van der Waals surface area contributed by atoms with Crippen molar-refractivity contribution in [2.75, 3.05) is 10.6 Å². The second kappa shape index (κ2) is 4.92. The molecule has 2 N–H and O–H groups in total. The highest BCUT2D eigenvalue weighted by molar-refractivity contribution is 5.46. The number of aryl methyl sites for hydroxylation is 1. The monoisotopic (exact) mass is 253 g/mol. The lowest BCUT2D eigenvalue weighted by molar-refractivity contribution is 0.777. The molecule has 98 valence electrons. The van der Waals surface area contributed by atoms with Gasteiger partial charge in [-0.1, -0.05) is 12.1 Å². The Kier molecular flexibility index (Phi) is 3.11. The summed E-state index contributed by atoms with van der Waals surface area (Å²) < 4.78 is 0. The van der Waals surface area contributed by atoms with Crippen LogP contribution < -0.4 is 10.6 Å². The van der Waals surface area contributed by atoms with Gasteiger partial charge in [-0.05, 0) is 55.2 Å². The quantitative estimate of drug-likeness (QED) is 0.851. The minimum absolute atomic E-state index is 0.645. The summed E-state index contributed by atoms with van der Waals surface area (Å²) in [6, 6.07) is 13.0. The number of hydrogen-bond acceptors (Lipinski definition) is 3. The van der Waals surface area contributed by atoms with E-state index in [1.807, 2.05) is 24.4 Å². The molecule has 1 fully saturated rings. The Morgan fingerprint density at radius 1 is 1.21 bits per heavy atom. The summed E-state index contributed by atoms with van der Waals surface area (Å²) >= 11 is 0. The molecule has 1 aliphatic rings. The fraction of sp³-hybridized carbons (Fsp3) is 0.312. The second-order valence-corrected chi connectivity index (χ2v) is 5.29. The van der Waals surface area contributed by atoms with Gasteiger partial charge in [-0.15, -0.1) is 0 Å². The average molecular weight is 253 g/mol. The zero-order chi connectivity index (χ0) is 13.2. The van der Waals surface area contributed by atoms with E-state index >= 15 is 0 Å². The first-order chi connectivity index (χ1) is 9.22. The number of aromatic nitrogens is 1. The van der Waals surface area contributed by atoms with E-state index in [4.69, 9.17) is 5.73 Å². The van der Waals surface area contributed by atoms with Gasteiger partial charge in [0.05, 0.1) is 0 Å². The standard InChI is InChI=1S/C16H19N3/c1-12-8-9-18-16(10-12)19(15-6-7-15)11-13-2-4-14(17)5-3-13/h2-5,8-10,15H,6-7,11,17H2,1H3. The second-order valence-electron chi connectivity index (χ2n) is 5.29. The van der Waals surface area contributed by atoms with Gasteiger partial charge < -0.3 is 10.6 Å². The van der Waals surface area contributed by atoms with Crippen molar-refractivity contribution >= 4 is 11.5 Å². The fourth-order valence-corrected chi connectivity index (χ4v) is 2.28. The first kappa shape index (κ1) is 12.0. The van der Waals surface area contributed by atoms with Crippen LogP contribution in [0.3, 0.4) is 0 Å². The number of nitrogen functional groups attached to an aromatic ring is 1. The molecule has 0 amide bonds. The highest BCUT2D eigenvalue weighted by Crippen LogP contribution is 2.32. The maximum Gasteiger partial charge on any atom is 0.129 e. The fourth-order valence-electron chi connectivity index (χ4n) is 2.28. The van der Waals surface area contributed by atoms with Crippen LogP contribution in [0.1, 0.15) is 24.0 Å². The van der Waals surface area contributed by atoms with Gasteiger partial charge in [0.1, 0.15) is 5.82 Å². The maximum atomic E-state index is 5.73. The summed E-state index contributed by atoms with van der Waals surface area (Å²) in [5.74, 6) is 1.08. The molecular weight excluding hydrogens is 234 g/mol. The van der Waals surface area contributed by atoms with Crippen molar-refractivity contribution in [1.82, 2.24) is 4.98 Å². The SMILES string of the molecule is Cc1ccnc(N(Cc2ccc(N)cc2)C2CC2)c1. The van der Waals surface area contributed by atoms with E-state index in [9.17, 15) is 0 Å². The lowest BCUT2D eigenvalue weighted by atomic mass is 10.2. The first-order valence-electron chi connectivity index (χ1n) is 6.76. The molecule has 3 heteroatoms. The Bertz CT molecular complexity index is 558. The van der Waals surface area contributed by atoms with Gasteiger partial charge in [0.25, 0.3) is 0 Å². The summed E-state index contributed by atoms with van der Waals surface area (Å²) in [7, 11) is 0. The van der Waals surface area contributed by atoms with Crippen molar-refractivity contribution in [2.24, 2.45) is 0 Å². The molecule has 19 heavy (non-hydrogen) atoms. The lowest BCUT2D eigenvalue weighted by Crippen LogP contribution is -2.25. The van der Waals surface area contributed by atoms with E-state index in [1.165, 1.54) is 24.0 Å². The Hall–Kier alpha value is -2.03. The molecule has 1 aliphatic carbocycles. The van der Waals surface area contributed by atoms with Crippen molar-refractivity contribution in [3.63, 3.8) is 0 Å². The van der Waals surface area contributed by atoms with Gasteiger partial charge in [0.2, 0.25) is 0 Å². The van der Waals surface area contributed by atoms with Gasteiger partial charge >= 0.3 is 0 Å². The van der Waals surface area contributed by atoms with E-state index in [1.54, 1.807) is 0 Å². The van der Waals surface area contributed by atoms with Crippen LogP contribution in [0.4, 0.5) is 11.5 Å². The van der Waals surface area contributed by atoms with Gasteiger partial charge in [0.15, 0.2) is 0 Å². The topological polar surface area (TPSA) is 42.2 Å². The highest BCUT2D eigenvalue weighted by atomic mass is 15.2.